The highest BCUT2D eigenvalue weighted by Crippen LogP contribution is 2.38. The van der Waals surface area contributed by atoms with Crippen molar-refractivity contribution in [1.82, 2.24) is 14.7 Å². The Bertz CT molecular complexity index is 1040. The molecule has 1 fully saturated rings. The SMILES string of the molecule is Cc1ccc(-n2nc(C3CCCCN3Cc3ccccc3)c3c2NCCCC3)cc1C. The molecule has 0 bridgehead atoms. The molecule has 3 heterocycles. The fourth-order valence-electron chi connectivity index (χ4n) is 5.15. The maximum absolute atomic E-state index is 5.30. The largest absolute Gasteiger partial charge is 0.370 e. The Labute approximate surface area is 186 Å². The Morgan fingerprint density at radius 1 is 0.968 bits per heavy atom. The molecule has 1 aromatic heterocycles. The second-order valence-corrected chi connectivity index (χ2v) is 9.24. The van der Waals surface area contributed by atoms with Crippen LogP contribution in [0.3, 0.4) is 0 Å². The molecule has 2 aliphatic heterocycles. The predicted octanol–water partition coefficient (Wildman–Crippen LogP) is 5.96. The smallest absolute Gasteiger partial charge is 0.133 e. The lowest BCUT2D eigenvalue weighted by Crippen LogP contribution is -2.33. The second kappa shape index (κ2) is 8.88. The van der Waals surface area contributed by atoms with Crippen LogP contribution in [0.4, 0.5) is 5.82 Å². The van der Waals surface area contributed by atoms with E-state index in [0.717, 1.165) is 26.1 Å². The Hall–Kier alpha value is -2.59. The van der Waals surface area contributed by atoms with E-state index in [9.17, 15) is 0 Å². The van der Waals surface area contributed by atoms with Crippen LogP contribution in [0.1, 0.15) is 66.1 Å². The van der Waals surface area contributed by atoms with Gasteiger partial charge in [0.15, 0.2) is 0 Å². The maximum Gasteiger partial charge on any atom is 0.133 e. The minimum atomic E-state index is 0.399. The van der Waals surface area contributed by atoms with Gasteiger partial charge in [-0.15, -0.1) is 0 Å². The summed E-state index contributed by atoms with van der Waals surface area (Å²) in [7, 11) is 0. The van der Waals surface area contributed by atoms with Crippen LogP contribution in [0.2, 0.25) is 0 Å². The molecular weight excluding hydrogens is 380 g/mol. The zero-order valence-electron chi connectivity index (χ0n) is 18.9. The minimum absolute atomic E-state index is 0.399. The van der Waals surface area contributed by atoms with Crippen LogP contribution < -0.4 is 5.32 Å². The van der Waals surface area contributed by atoms with E-state index in [0.29, 0.717) is 6.04 Å². The molecular formula is C27H34N4. The van der Waals surface area contributed by atoms with E-state index >= 15 is 0 Å². The van der Waals surface area contributed by atoms with E-state index in [-0.39, 0.29) is 0 Å². The van der Waals surface area contributed by atoms with E-state index in [2.05, 4.69) is 77.3 Å². The number of rotatable bonds is 4. The number of hydrogen-bond donors (Lipinski definition) is 1. The number of aromatic nitrogens is 2. The average molecular weight is 415 g/mol. The third-order valence-electron chi connectivity index (χ3n) is 7.05. The summed E-state index contributed by atoms with van der Waals surface area (Å²) in [5, 5.41) is 9.03. The zero-order valence-corrected chi connectivity index (χ0v) is 18.9. The number of nitrogens with zero attached hydrogens (tertiary/aromatic N) is 3. The molecule has 3 aromatic rings. The quantitative estimate of drug-likeness (QED) is 0.571. The Kier molecular flexibility index (Phi) is 5.82. The molecule has 2 aromatic carbocycles. The first-order valence-corrected chi connectivity index (χ1v) is 11.9. The summed E-state index contributed by atoms with van der Waals surface area (Å²) in [4.78, 5) is 2.66. The third-order valence-corrected chi connectivity index (χ3v) is 7.05. The Morgan fingerprint density at radius 3 is 2.68 bits per heavy atom. The number of hydrogen-bond acceptors (Lipinski definition) is 3. The lowest BCUT2D eigenvalue weighted by atomic mass is 9.94. The average Bonchev–Trinajstić information content (AvgIpc) is 2.97. The van der Waals surface area contributed by atoms with Gasteiger partial charge in [-0.05, 0) is 81.3 Å². The van der Waals surface area contributed by atoms with Crippen molar-refractivity contribution in [3.63, 3.8) is 0 Å². The molecule has 0 spiro atoms. The van der Waals surface area contributed by atoms with Crippen molar-refractivity contribution in [3.05, 3.63) is 76.5 Å². The predicted molar refractivity (Wildman–Crippen MR) is 128 cm³/mol. The van der Waals surface area contributed by atoms with E-state index in [4.69, 9.17) is 5.10 Å². The van der Waals surface area contributed by atoms with E-state index in [1.165, 1.54) is 71.6 Å². The van der Waals surface area contributed by atoms with Gasteiger partial charge in [-0.2, -0.15) is 5.10 Å². The van der Waals surface area contributed by atoms with E-state index < -0.39 is 0 Å². The molecule has 0 radical (unpaired) electrons. The van der Waals surface area contributed by atoms with Crippen molar-refractivity contribution in [3.8, 4) is 5.69 Å². The van der Waals surface area contributed by atoms with Crippen LogP contribution >= 0.6 is 0 Å². The van der Waals surface area contributed by atoms with Crippen molar-refractivity contribution in [2.45, 2.75) is 65.0 Å². The third kappa shape index (κ3) is 4.14. The molecule has 0 aliphatic carbocycles. The Morgan fingerprint density at radius 2 is 1.84 bits per heavy atom. The fourth-order valence-corrected chi connectivity index (χ4v) is 5.15. The molecule has 0 saturated carbocycles. The summed E-state index contributed by atoms with van der Waals surface area (Å²) in [6.07, 6.45) is 7.34. The number of fused-ring (bicyclic) bond motifs is 1. The standard InChI is InChI=1S/C27H34N4/c1-20-14-15-23(18-21(20)2)31-27-24(12-6-8-16-28-27)26(29-31)25-13-7-9-17-30(25)19-22-10-4-3-5-11-22/h3-5,10-11,14-15,18,25,28H,6-9,12-13,16-17,19H2,1-2H3. The van der Waals surface area contributed by atoms with Crippen LogP contribution in [0.5, 0.6) is 0 Å². The number of benzene rings is 2. The van der Waals surface area contributed by atoms with Crippen molar-refractivity contribution >= 4 is 5.82 Å². The van der Waals surface area contributed by atoms with Gasteiger partial charge in [0.05, 0.1) is 17.4 Å². The first kappa shape index (κ1) is 20.3. The highest BCUT2D eigenvalue weighted by Gasteiger charge is 2.31. The number of anilines is 1. The van der Waals surface area contributed by atoms with Crippen molar-refractivity contribution < 1.29 is 0 Å². The first-order valence-electron chi connectivity index (χ1n) is 11.9. The van der Waals surface area contributed by atoms with Gasteiger partial charge in [0, 0.05) is 18.7 Å². The van der Waals surface area contributed by atoms with Crippen LogP contribution in [-0.4, -0.2) is 27.8 Å². The van der Waals surface area contributed by atoms with Crippen LogP contribution in [0.15, 0.2) is 48.5 Å². The summed E-state index contributed by atoms with van der Waals surface area (Å²) in [6, 6.07) is 18.0. The van der Waals surface area contributed by atoms with Gasteiger partial charge in [0.1, 0.15) is 5.82 Å². The molecule has 5 rings (SSSR count). The molecule has 4 heteroatoms. The van der Waals surface area contributed by atoms with Gasteiger partial charge >= 0.3 is 0 Å². The Balaban J connectivity index is 1.55. The number of aryl methyl sites for hydroxylation is 2. The monoisotopic (exact) mass is 414 g/mol. The van der Waals surface area contributed by atoms with Crippen molar-refractivity contribution in [1.29, 1.82) is 0 Å². The summed E-state index contributed by atoms with van der Waals surface area (Å²) in [5.41, 5.74) is 7.97. The topological polar surface area (TPSA) is 33.1 Å². The fraction of sp³-hybridized carbons (Fsp3) is 0.444. The molecule has 4 nitrogen and oxygen atoms in total. The van der Waals surface area contributed by atoms with E-state index in [1.54, 1.807) is 0 Å². The summed E-state index contributed by atoms with van der Waals surface area (Å²) in [6.45, 7) is 7.55. The summed E-state index contributed by atoms with van der Waals surface area (Å²) in [5.74, 6) is 1.22. The number of nitrogens with one attached hydrogen (secondary N) is 1. The van der Waals surface area contributed by atoms with E-state index in [1.807, 2.05) is 0 Å². The van der Waals surface area contributed by atoms with Gasteiger partial charge in [-0.3, -0.25) is 4.90 Å². The van der Waals surface area contributed by atoms with Gasteiger partial charge in [-0.25, -0.2) is 4.68 Å². The second-order valence-electron chi connectivity index (χ2n) is 9.24. The first-order chi connectivity index (χ1) is 15.2. The molecule has 1 atom stereocenters. The minimum Gasteiger partial charge on any atom is -0.370 e. The number of piperidine rings is 1. The highest BCUT2D eigenvalue weighted by molar-refractivity contribution is 5.56. The molecule has 1 unspecified atom stereocenters. The lowest BCUT2D eigenvalue weighted by molar-refractivity contribution is 0.136. The maximum atomic E-state index is 5.30. The number of likely N-dealkylation sites (tertiary alicyclic amines) is 1. The van der Waals surface area contributed by atoms with Gasteiger partial charge in [-0.1, -0.05) is 42.8 Å². The van der Waals surface area contributed by atoms with Gasteiger partial charge in [0.2, 0.25) is 0 Å². The van der Waals surface area contributed by atoms with Crippen LogP contribution in [0.25, 0.3) is 5.69 Å². The lowest BCUT2D eigenvalue weighted by Gasteiger charge is -2.35. The van der Waals surface area contributed by atoms with Gasteiger partial charge < -0.3 is 5.32 Å². The molecule has 0 amide bonds. The summed E-state index contributed by atoms with van der Waals surface area (Å²) < 4.78 is 2.19. The normalized spacial score (nSPS) is 19.5. The van der Waals surface area contributed by atoms with Gasteiger partial charge in [0.25, 0.3) is 0 Å². The molecule has 1 saturated heterocycles. The molecule has 31 heavy (non-hydrogen) atoms. The van der Waals surface area contributed by atoms with Crippen molar-refractivity contribution in [2.75, 3.05) is 18.4 Å². The molecule has 162 valence electrons. The zero-order chi connectivity index (χ0) is 21.2. The van der Waals surface area contributed by atoms with Crippen molar-refractivity contribution in [2.24, 2.45) is 0 Å². The highest BCUT2D eigenvalue weighted by atomic mass is 15.4. The van der Waals surface area contributed by atoms with Crippen LogP contribution in [-0.2, 0) is 13.0 Å². The molecule has 1 N–H and O–H groups in total. The summed E-state index contributed by atoms with van der Waals surface area (Å²) >= 11 is 0. The molecule has 2 aliphatic rings. The van der Waals surface area contributed by atoms with Crippen LogP contribution in [0, 0.1) is 13.8 Å².